The number of rotatable bonds is 6. The lowest BCUT2D eigenvalue weighted by Crippen LogP contribution is -2.34. The molecule has 0 aliphatic heterocycles. The highest BCUT2D eigenvalue weighted by molar-refractivity contribution is 5.79. The van der Waals surface area contributed by atoms with Crippen LogP contribution in [-0.2, 0) is 11.3 Å². The first-order valence-corrected chi connectivity index (χ1v) is 7.38. The average molecular weight is 292 g/mol. The lowest BCUT2D eigenvalue weighted by atomic mass is 9.95. The maximum Gasteiger partial charge on any atom is 0.223 e. The zero-order valence-electron chi connectivity index (χ0n) is 12.7. The van der Waals surface area contributed by atoms with E-state index in [-0.39, 0.29) is 11.8 Å². The van der Waals surface area contributed by atoms with E-state index >= 15 is 0 Å². The summed E-state index contributed by atoms with van der Waals surface area (Å²) in [6, 6.07) is 5.57. The Morgan fingerprint density at radius 1 is 1.33 bits per heavy atom. The van der Waals surface area contributed by atoms with Crippen molar-refractivity contribution < 1.29 is 14.3 Å². The van der Waals surface area contributed by atoms with Gasteiger partial charge in [-0.25, -0.2) is 0 Å². The predicted molar refractivity (Wildman–Crippen MR) is 81.3 cm³/mol. The maximum absolute atomic E-state index is 12.3. The normalized spacial score (nSPS) is 21.1. The summed E-state index contributed by atoms with van der Waals surface area (Å²) < 4.78 is 10.5. The molecule has 0 bridgehead atoms. The number of ether oxygens (including phenoxy) is 2. The fraction of sp³-hybridized carbons (Fsp3) is 0.562. The number of nitrogens with two attached hydrogens (primary N) is 1. The highest BCUT2D eigenvalue weighted by atomic mass is 16.5. The molecule has 0 spiro atoms. The highest BCUT2D eigenvalue weighted by Gasteiger charge is 2.31. The van der Waals surface area contributed by atoms with Crippen LogP contribution in [0.25, 0.3) is 0 Å². The Bertz CT molecular complexity index is 490. The van der Waals surface area contributed by atoms with Gasteiger partial charge in [-0.1, -0.05) is 6.42 Å². The van der Waals surface area contributed by atoms with Crippen molar-refractivity contribution in [1.82, 2.24) is 5.32 Å². The first-order valence-electron chi connectivity index (χ1n) is 7.38. The Morgan fingerprint density at radius 2 is 2.14 bits per heavy atom. The molecule has 1 amide bonds. The molecule has 0 heterocycles. The summed E-state index contributed by atoms with van der Waals surface area (Å²) in [5.74, 6) is 1.95. The first-order chi connectivity index (χ1) is 10.2. The summed E-state index contributed by atoms with van der Waals surface area (Å²) in [7, 11) is 3.24. The van der Waals surface area contributed by atoms with Crippen molar-refractivity contribution in [2.75, 3.05) is 20.8 Å². The van der Waals surface area contributed by atoms with Gasteiger partial charge in [0.25, 0.3) is 0 Å². The smallest absolute Gasteiger partial charge is 0.223 e. The molecule has 116 valence electrons. The van der Waals surface area contributed by atoms with E-state index in [4.69, 9.17) is 15.2 Å². The first kappa shape index (κ1) is 15.6. The summed E-state index contributed by atoms with van der Waals surface area (Å²) in [6.07, 6.45) is 3.07. The van der Waals surface area contributed by atoms with Gasteiger partial charge in [0.1, 0.15) is 11.5 Å². The van der Waals surface area contributed by atoms with Crippen molar-refractivity contribution in [3.63, 3.8) is 0 Å². The Labute approximate surface area is 125 Å². The summed E-state index contributed by atoms with van der Waals surface area (Å²) >= 11 is 0. The van der Waals surface area contributed by atoms with Crippen LogP contribution in [-0.4, -0.2) is 26.7 Å². The summed E-state index contributed by atoms with van der Waals surface area (Å²) in [5.41, 5.74) is 6.65. The summed E-state index contributed by atoms with van der Waals surface area (Å²) in [5, 5.41) is 3.00. The fourth-order valence-electron chi connectivity index (χ4n) is 3.00. The van der Waals surface area contributed by atoms with Crippen molar-refractivity contribution in [2.45, 2.75) is 25.8 Å². The summed E-state index contributed by atoms with van der Waals surface area (Å²) in [4.78, 5) is 12.3. The number of nitrogens with one attached hydrogen (secondary N) is 1. The third-order valence-corrected chi connectivity index (χ3v) is 4.24. The molecule has 1 aromatic rings. The zero-order valence-corrected chi connectivity index (χ0v) is 12.7. The standard InChI is InChI=1S/C16H24N2O3/c1-20-13-6-7-15(21-2)12(8-13)10-18-16(19)14-5-3-4-11(14)9-17/h6-8,11,14H,3-5,9-10,17H2,1-2H3,(H,18,19). The lowest BCUT2D eigenvalue weighted by molar-refractivity contribution is -0.126. The zero-order chi connectivity index (χ0) is 15.2. The third-order valence-electron chi connectivity index (χ3n) is 4.24. The van der Waals surface area contributed by atoms with Gasteiger partial charge in [-0.15, -0.1) is 0 Å². The van der Waals surface area contributed by atoms with Gasteiger partial charge in [-0.05, 0) is 43.5 Å². The third kappa shape index (κ3) is 3.67. The van der Waals surface area contributed by atoms with E-state index in [2.05, 4.69) is 5.32 Å². The molecule has 2 atom stereocenters. The molecule has 1 aliphatic rings. The van der Waals surface area contributed by atoms with E-state index in [1.54, 1.807) is 14.2 Å². The Kier molecular flexibility index (Phi) is 5.44. The average Bonchev–Trinajstić information content (AvgIpc) is 3.00. The van der Waals surface area contributed by atoms with Crippen LogP contribution in [0.15, 0.2) is 18.2 Å². The van der Waals surface area contributed by atoms with E-state index in [1.807, 2.05) is 18.2 Å². The van der Waals surface area contributed by atoms with Crippen LogP contribution in [0.5, 0.6) is 11.5 Å². The van der Waals surface area contributed by atoms with Gasteiger partial charge in [0.15, 0.2) is 0 Å². The number of carbonyl (C=O) groups excluding carboxylic acids is 1. The largest absolute Gasteiger partial charge is 0.497 e. The molecular weight excluding hydrogens is 268 g/mol. The van der Waals surface area contributed by atoms with Crippen molar-refractivity contribution in [3.05, 3.63) is 23.8 Å². The van der Waals surface area contributed by atoms with Gasteiger partial charge < -0.3 is 20.5 Å². The second-order valence-electron chi connectivity index (χ2n) is 5.43. The van der Waals surface area contributed by atoms with E-state index in [1.165, 1.54) is 0 Å². The maximum atomic E-state index is 12.3. The molecule has 0 radical (unpaired) electrons. The van der Waals surface area contributed by atoms with E-state index in [0.717, 1.165) is 36.3 Å². The van der Waals surface area contributed by atoms with Crippen molar-refractivity contribution in [2.24, 2.45) is 17.6 Å². The van der Waals surface area contributed by atoms with Gasteiger partial charge >= 0.3 is 0 Å². The molecule has 1 aromatic carbocycles. The van der Waals surface area contributed by atoms with Crippen LogP contribution in [0, 0.1) is 11.8 Å². The highest BCUT2D eigenvalue weighted by Crippen LogP contribution is 2.31. The number of carbonyl (C=O) groups is 1. The summed E-state index contributed by atoms with van der Waals surface area (Å²) in [6.45, 7) is 1.02. The number of amides is 1. The van der Waals surface area contributed by atoms with E-state index in [0.29, 0.717) is 19.0 Å². The Hall–Kier alpha value is -1.75. The van der Waals surface area contributed by atoms with Crippen LogP contribution in [0.1, 0.15) is 24.8 Å². The minimum absolute atomic E-state index is 0.0478. The Morgan fingerprint density at radius 3 is 2.81 bits per heavy atom. The van der Waals surface area contributed by atoms with Crippen LogP contribution in [0.4, 0.5) is 0 Å². The van der Waals surface area contributed by atoms with Crippen LogP contribution >= 0.6 is 0 Å². The van der Waals surface area contributed by atoms with Gasteiger partial charge in [-0.2, -0.15) is 0 Å². The molecule has 1 fully saturated rings. The molecule has 0 saturated heterocycles. The van der Waals surface area contributed by atoms with Gasteiger partial charge in [0.05, 0.1) is 14.2 Å². The number of hydrogen-bond acceptors (Lipinski definition) is 4. The topological polar surface area (TPSA) is 73.6 Å². The Balaban J connectivity index is 2.00. The second kappa shape index (κ2) is 7.31. The molecule has 5 nitrogen and oxygen atoms in total. The van der Waals surface area contributed by atoms with Crippen molar-refractivity contribution >= 4 is 5.91 Å². The van der Waals surface area contributed by atoms with E-state index < -0.39 is 0 Å². The number of benzene rings is 1. The fourth-order valence-corrected chi connectivity index (χ4v) is 3.00. The second-order valence-corrected chi connectivity index (χ2v) is 5.43. The van der Waals surface area contributed by atoms with E-state index in [9.17, 15) is 4.79 Å². The minimum atomic E-state index is 0.0478. The molecule has 21 heavy (non-hydrogen) atoms. The monoisotopic (exact) mass is 292 g/mol. The molecule has 1 aliphatic carbocycles. The van der Waals surface area contributed by atoms with Crippen LogP contribution < -0.4 is 20.5 Å². The molecule has 5 heteroatoms. The lowest BCUT2D eigenvalue weighted by Gasteiger charge is -2.18. The van der Waals surface area contributed by atoms with Crippen LogP contribution in [0.2, 0.25) is 0 Å². The predicted octanol–water partition coefficient (Wildman–Crippen LogP) is 1.69. The van der Waals surface area contributed by atoms with Crippen molar-refractivity contribution in [1.29, 1.82) is 0 Å². The number of hydrogen-bond donors (Lipinski definition) is 2. The minimum Gasteiger partial charge on any atom is -0.497 e. The van der Waals surface area contributed by atoms with Crippen LogP contribution in [0.3, 0.4) is 0 Å². The van der Waals surface area contributed by atoms with Gasteiger partial charge in [-0.3, -0.25) is 4.79 Å². The van der Waals surface area contributed by atoms with Gasteiger partial charge in [0, 0.05) is 18.0 Å². The SMILES string of the molecule is COc1ccc(OC)c(CNC(=O)C2CCCC2CN)c1. The molecular formula is C16H24N2O3. The molecule has 3 N–H and O–H groups in total. The molecule has 2 rings (SSSR count). The quantitative estimate of drug-likeness (QED) is 0.837. The molecule has 1 saturated carbocycles. The number of methoxy groups -OCH3 is 2. The van der Waals surface area contributed by atoms with Crippen molar-refractivity contribution in [3.8, 4) is 11.5 Å². The molecule has 0 aromatic heterocycles. The van der Waals surface area contributed by atoms with Gasteiger partial charge in [0.2, 0.25) is 5.91 Å². The molecule has 2 unspecified atom stereocenters.